The van der Waals surface area contributed by atoms with Crippen LogP contribution in [0, 0.1) is 0 Å². The van der Waals surface area contributed by atoms with Gasteiger partial charge in [0.05, 0.1) is 12.1 Å². The lowest BCUT2D eigenvalue weighted by molar-refractivity contribution is -0.123. The van der Waals surface area contributed by atoms with Crippen LogP contribution in [0.15, 0.2) is 54.6 Å². The largest absolute Gasteiger partial charge is 0.348 e. The first kappa shape index (κ1) is 17.5. The van der Waals surface area contributed by atoms with Crippen LogP contribution in [-0.4, -0.2) is 11.9 Å². The van der Waals surface area contributed by atoms with E-state index in [1.54, 1.807) is 0 Å². The van der Waals surface area contributed by atoms with Gasteiger partial charge in [0.2, 0.25) is 5.91 Å². The molecule has 3 nitrogen and oxygen atoms in total. The first-order valence-electron chi connectivity index (χ1n) is 7.85. The number of nitrogens with one attached hydrogen (secondary N) is 2. The zero-order valence-electron chi connectivity index (χ0n) is 13.7. The normalized spacial score (nSPS) is 14.8. The minimum absolute atomic E-state index is 0.00326. The van der Waals surface area contributed by atoms with Gasteiger partial charge in [-0.1, -0.05) is 60.1 Å². The molecule has 0 bridgehead atoms. The summed E-state index contributed by atoms with van der Waals surface area (Å²) in [6.45, 7) is 5.85. The molecule has 0 fully saturated rings. The number of hydrogen-bond acceptors (Lipinski definition) is 2. The molecule has 2 aromatic rings. The van der Waals surface area contributed by atoms with Gasteiger partial charge in [-0.05, 0) is 38.0 Å². The van der Waals surface area contributed by atoms with Crippen LogP contribution in [0.1, 0.15) is 44.0 Å². The van der Waals surface area contributed by atoms with Gasteiger partial charge in [-0.3, -0.25) is 10.1 Å². The van der Waals surface area contributed by atoms with Crippen molar-refractivity contribution in [2.45, 2.75) is 38.9 Å². The number of carbonyl (C=O) groups is 1. The van der Waals surface area contributed by atoms with E-state index in [2.05, 4.69) is 10.6 Å². The Bertz CT molecular complexity index is 645. The van der Waals surface area contributed by atoms with Crippen molar-refractivity contribution in [2.75, 3.05) is 0 Å². The molecule has 0 radical (unpaired) electrons. The minimum Gasteiger partial charge on any atom is -0.348 e. The van der Waals surface area contributed by atoms with Crippen molar-refractivity contribution in [1.82, 2.24) is 10.6 Å². The van der Waals surface area contributed by atoms with E-state index in [1.165, 1.54) is 0 Å². The molecule has 3 unspecified atom stereocenters. The van der Waals surface area contributed by atoms with Gasteiger partial charge >= 0.3 is 0 Å². The standard InChI is InChI=1S/C19H23ClN2O/c1-13(16-9-5-4-6-10-16)22-19(23)15(3)21-14(2)17-11-7-8-12-18(17)20/h4-15,21H,1-3H3,(H,22,23). The molecule has 2 rings (SSSR count). The monoisotopic (exact) mass is 330 g/mol. The van der Waals surface area contributed by atoms with E-state index >= 15 is 0 Å². The third kappa shape index (κ3) is 4.81. The summed E-state index contributed by atoms with van der Waals surface area (Å²) in [5.74, 6) is -0.0275. The number of rotatable bonds is 6. The first-order valence-corrected chi connectivity index (χ1v) is 8.22. The second kappa shape index (κ2) is 8.14. The van der Waals surface area contributed by atoms with E-state index in [-0.39, 0.29) is 24.0 Å². The van der Waals surface area contributed by atoms with Crippen molar-refractivity contribution in [3.63, 3.8) is 0 Å². The number of halogens is 1. The van der Waals surface area contributed by atoms with Crippen molar-refractivity contribution >= 4 is 17.5 Å². The number of amides is 1. The van der Waals surface area contributed by atoms with Gasteiger partial charge < -0.3 is 5.32 Å². The van der Waals surface area contributed by atoms with E-state index < -0.39 is 0 Å². The molecular formula is C19H23ClN2O. The summed E-state index contributed by atoms with van der Waals surface area (Å²) in [4.78, 5) is 12.4. The second-order valence-corrected chi connectivity index (χ2v) is 6.18. The van der Waals surface area contributed by atoms with Crippen LogP contribution >= 0.6 is 11.6 Å². The highest BCUT2D eigenvalue weighted by atomic mass is 35.5. The fraction of sp³-hybridized carbons (Fsp3) is 0.316. The third-order valence-corrected chi connectivity index (χ3v) is 4.27. The molecule has 0 aliphatic carbocycles. The van der Waals surface area contributed by atoms with Crippen LogP contribution in [0.5, 0.6) is 0 Å². The summed E-state index contributed by atoms with van der Waals surface area (Å²) >= 11 is 6.21. The Morgan fingerprint density at radius 1 is 0.913 bits per heavy atom. The molecule has 2 aromatic carbocycles. The zero-order chi connectivity index (χ0) is 16.8. The van der Waals surface area contributed by atoms with Crippen molar-refractivity contribution in [3.05, 3.63) is 70.7 Å². The summed E-state index contributed by atoms with van der Waals surface area (Å²) < 4.78 is 0. The Morgan fingerprint density at radius 3 is 2.17 bits per heavy atom. The van der Waals surface area contributed by atoms with E-state index in [4.69, 9.17) is 11.6 Å². The Balaban J connectivity index is 1.94. The first-order chi connectivity index (χ1) is 11.0. The highest BCUT2D eigenvalue weighted by molar-refractivity contribution is 6.31. The SMILES string of the molecule is CC(NC(C)c1ccccc1Cl)C(=O)NC(C)c1ccccc1. The fourth-order valence-electron chi connectivity index (χ4n) is 2.53. The van der Waals surface area contributed by atoms with Crippen LogP contribution in [-0.2, 0) is 4.79 Å². The van der Waals surface area contributed by atoms with Gasteiger partial charge in [-0.2, -0.15) is 0 Å². The predicted molar refractivity (Wildman–Crippen MR) is 95.5 cm³/mol. The maximum absolute atomic E-state index is 12.4. The quantitative estimate of drug-likeness (QED) is 0.831. The van der Waals surface area contributed by atoms with E-state index in [0.717, 1.165) is 11.1 Å². The summed E-state index contributed by atoms with van der Waals surface area (Å²) in [6, 6.07) is 17.3. The molecule has 0 saturated carbocycles. The molecule has 0 heterocycles. The van der Waals surface area contributed by atoms with Crippen molar-refractivity contribution in [2.24, 2.45) is 0 Å². The highest BCUT2D eigenvalue weighted by Crippen LogP contribution is 2.22. The van der Waals surface area contributed by atoms with Crippen LogP contribution in [0.25, 0.3) is 0 Å². The van der Waals surface area contributed by atoms with Crippen LogP contribution in [0.4, 0.5) is 0 Å². The summed E-state index contributed by atoms with van der Waals surface area (Å²) in [7, 11) is 0. The molecule has 0 aliphatic rings. The topological polar surface area (TPSA) is 41.1 Å². The lowest BCUT2D eigenvalue weighted by Crippen LogP contribution is -2.43. The molecule has 0 aromatic heterocycles. The van der Waals surface area contributed by atoms with Crippen LogP contribution in [0.2, 0.25) is 5.02 Å². The molecule has 122 valence electrons. The summed E-state index contributed by atoms with van der Waals surface area (Å²) in [5.41, 5.74) is 2.08. The van der Waals surface area contributed by atoms with E-state index in [9.17, 15) is 4.79 Å². The predicted octanol–water partition coefficient (Wildman–Crippen LogP) is 4.26. The molecule has 0 spiro atoms. The maximum Gasteiger partial charge on any atom is 0.237 e. The smallest absolute Gasteiger partial charge is 0.237 e. The molecule has 0 aliphatic heterocycles. The average Bonchev–Trinajstić information content (AvgIpc) is 2.55. The molecule has 3 atom stereocenters. The Kier molecular flexibility index (Phi) is 6.20. The Morgan fingerprint density at radius 2 is 1.52 bits per heavy atom. The number of hydrogen-bond donors (Lipinski definition) is 2. The van der Waals surface area contributed by atoms with Crippen molar-refractivity contribution < 1.29 is 4.79 Å². The molecule has 4 heteroatoms. The Labute approximate surface area is 143 Å². The van der Waals surface area contributed by atoms with Crippen LogP contribution < -0.4 is 10.6 Å². The summed E-state index contributed by atoms with van der Waals surface area (Å²) in [6.07, 6.45) is 0. The fourth-order valence-corrected chi connectivity index (χ4v) is 2.83. The van der Waals surface area contributed by atoms with Gasteiger partial charge in [0.25, 0.3) is 0 Å². The van der Waals surface area contributed by atoms with Crippen LogP contribution in [0.3, 0.4) is 0 Å². The molecule has 23 heavy (non-hydrogen) atoms. The second-order valence-electron chi connectivity index (χ2n) is 5.77. The number of carbonyl (C=O) groups excluding carboxylic acids is 1. The van der Waals surface area contributed by atoms with Gasteiger partial charge in [0, 0.05) is 11.1 Å². The maximum atomic E-state index is 12.4. The van der Waals surface area contributed by atoms with Gasteiger partial charge in [-0.15, -0.1) is 0 Å². The Hall–Kier alpha value is -1.84. The highest BCUT2D eigenvalue weighted by Gasteiger charge is 2.19. The molecule has 0 saturated heterocycles. The van der Waals surface area contributed by atoms with Crippen molar-refractivity contribution in [1.29, 1.82) is 0 Å². The molecular weight excluding hydrogens is 308 g/mol. The van der Waals surface area contributed by atoms with Gasteiger partial charge in [0.1, 0.15) is 0 Å². The minimum atomic E-state index is -0.313. The van der Waals surface area contributed by atoms with E-state index in [0.29, 0.717) is 5.02 Å². The lowest BCUT2D eigenvalue weighted by atomic mass is 10.1. The molecule has 2 N–H and O–H groups in total. The van der Waals surface area contributed by atoms with E-state index in [1.807, 2.05) is 75.4 Å². The summed E-state index contributed by atoms with van der Waals surface area (Å²) in [5, 5.41) is 7.04. The third-order valence-electron chi connectivity index (χ3n) is 3.92. The zero-order valence-corrected chi connectivity index (χ0v) is 14.5. The van der Waals surface area contributed by atoms with Gasteiger partial charge in [0.15, 0.2) is 0 Å². The number of benzene rings is 2. The average molecular weight is 331 g/mol. The molecule has 1 amide bonds. The lowest BCUT2D eigenvalue weighted by Gasteiger charge is -2.23. The van der Waals surface area contributed by atoms with Gasteiger partial charge in [-0.25, -0.2) is 0 Å². The van der Waals surface area contributed by atoms with Crippen molar-refractivity contribution in [3.8, 4) is 0 Å².